The monoisotopic (exact) mass is 336 g/mol. The smallest absolute Gasteiger partial charge is 0.261 e. The number of amides is 2. The van der Waals surface area contributed by atoms with E-state index in [-0.39, 0.29) is 12.3 Å². The van der Waals surface area contributed by atoms with Crippen LogP contribution in [-0.2, 0) is 10.0 Å². The fourth-order valence-electron chi connectivity index (χ4n) is 3.10. The number of carbonyl (C=O) groups excluding carboxylic acids is 2. The molecule has 0 bridgehead atoms. The molecular weight excluding hydrogens is 316 g/mol. The summed E-state index contributed by atoms with van der Waals surface area (Å²) < 4.78 is 26.4. The Morgan fingerprint density at radius 2 is 1.39 bits per heavy atom. The minimum Gasteiger partial charge on any atom is -0.273 e. The number of carbonyl (C=O) groups is 2. The summed E-state index contributed by atoms with van der Waals surface area (Å²) in [5.41, 5.74) is 0.703. The number of sulfonamides is 1. The van der Waals surface area contributed by atoms with Crippen LogP contribution in [0, 0.1) is 0 Å². The first-order chi connectivity index (χ1) is 11.0. The van der Waals surface area contributed by atoms with E-state index in [1.807, 2.05) is 0 Å². The molecule has 23 heavy (non-hydrogen) atoms. The Balaban J connectivity index is 1.69. The first kappa shape index (κ1) is 16.1. The summed E-state index contributed by atoms with van der Waals surface area (Å²) in [4.78, 5) is 25.5. The minimum atomic E-state index is -3.44. The highest BCUT2D eigenvalue weighted by Crippen LogP contribution is 2.22. The molecule has 2 amide bonds. The average Bonchev–Trinajstić information content (AvgIpc) is 2.75. The van der Waals surface area contributed by atoms with Crippen LogP contribution in [0.25, 0.3) is 0 Å². The molecule has 0 N–H and O–H groups in total. The number of rotatable bonds is 4. The highest BCUT2D eigenvalue weighted by Gasteiger charge is 2.36. The Morgan fingerprint density at radius 3 is 1.91 bits per heavy atom. The number of benzene rings is 1. The van der Waals surface area contributed by atoms with Gasteiger partial charge in [0.05, 0.1) is 16.9 Å². The summed E-state index contributed by atoms with van der Waals surface area (Å²) in [6, 6.07) is 6.58. The lowest BCUT2D eigenvalue weighted by Crippen LogP contribution is -2.40. The first-order valence-corrected chi connectivity index (χ1v) is 9.55. The molecule has 0 aromatic heterocycles. The molecule has 124 valence electrons. The molecular formula is C16H20N2O4S. The second-order valence-corrected chi connectivity index (χ2v) is 8.03. The summed E-state index contributed by atoms with van der Waals surface area (Å²) >= 11 is 0. The van der Waals surface area contributed by atoms with E-state index in [0.717, 1.165) is 30.6 Å². The predicted octanol–water partition coefficient (Wildman–Crippen LogP) is 1.49. The van der Waals surface area contributed by atoms with Gasteiger partial charge in [0, 0.05) is 19.6 Å². The van der Waals surface area contributed by atoms with E-state index < -0.39 is 21.8 Å². The zero-order chi connectivity index (χ0) is 16.4. The number of imide groups is 1. The molecule has 6 nitrogen and oxygen atoms in total. The van der Waals surface area contributed by atoms with Gasteiger partial charge in [0.15, 0.2) is 0 Å². The van der Waals surface area contributed by atoms with Gasteiger partial charge in [-0.15, -0.1) is 0 Å². The van der Waals surface area contributed by atoms with Crippen molar-refractivity contribution in [2.24, 2.45) is 0 Å². The molecule has 2 aliphatic rings. The fraction of sp³-hybridized carbons (Fsp3) is 0.500. The molecule has 2 heterocycles. The van der Waals surface area contributed by atoms with Crippen LogP contribution in [0.3, 0.4) is 0 Å². The topological polar surface area (TPSA) is 74.8 Å². The van der Waals surface area contributed by atoms with Crippen LogP contribution in [0.1, 0.15) is 46.4 Å². The summed E-state index contributed by atoms with van der Waals surface area (Å²) in [6.45, 7) is 0.972. The lowest BCUT2D eigenvalue weighted by molar-refractivity contribution is 0.0664. The normalized spacial score (nSPS) is 19.7. The highest BCUT2D eigenvalue weighted by molar-refractivity contribution is 7.89. The zero-order valence-corrected chi connectivity index (χ0v) is 13.7. The zero-order valence-electron chi connectivity index (χ0n) is 12.9. The minimum absolute atomic E-state index is 0.0921. The fourth-order valence-corrected chi connectivity index (χ4v) is 4.58. The molecule has 0 aliphatic carbocycles. The Morgan fingerprint density at radius 1 is 0.870 bits per heavy atom. The van der Waals surface area contributed by atoms with Crippen molar-refractivity contribution in [1.29, 1.82) is 0 Å². The Hall–Kier alpha value is -1.73. The maximum atomic E-state index is 12.5. The van der Waals surface area contributed by atoms with Crippen LogP contribution in [0.5, 0.6) is 0 Å². The molecule has 0 spiro atoms. The van der Waals surface area contributed by atoms with Crippen LogP contribution in [0.2, 0.25) is 0 Å². The number of fused-ring (bicyclic) bond motifs is 1. The third-order valence-electron chi connectivity index (χ3n) is 4.41. The van der Waals surface area contributed by atoms with Crippen molar-refractivity contribution in [3.05, 3.63) is 35.4 Å². The van der Waals surface area contributed by atoms with Gasteiger partial charge in [0.1, 0.15) is 0 Å². The second kappa shape index (κ2) is 6.41. The SMILES string of the molecule is O=C1c2ccccc2C(=O)N1CCS(=O)(=O)N1CCCCCC1. The van der Waals surface area contributed by atoms with Gasteiger partial charge in [-0.2, -0.15) is 0 Å². The lowest BCUT2D eigenvalue weighted by Gasteiger charge is -2.21. The summed E-state index contributed by atoms with van der Waals surface area (Å²) in [5, 5.41) is 0. The van der Waals surface area contributed by atoms with Crippen LogP contribution in [-0.4, -0.2) is 54.8 Å². The molecule has 2 aliphatic heterocycles. The molecule has 0 atom stereocenters. The third-order valence-corrected chi connectivity index (χ3v) is 6.26. The number of hydrogen-bond acceptors (Lipinski definition) is 4. The van der Waals surface area contributed by atoms with Gasteiger partial charge in [-0.1, -0.05) is 25.0 Å². The van der Waals surface area contributed by atoms with Crippen LogP contribution < -0.4 is 0 Å². The molecule has 1 fully saturated rings. The predicted molar refractivity (Wildman–Crippen MR) is 85.6 cm³/mol. The molecule has 1 saturated heterocycles. The first-order valence-electron chi connectivity index (χ1n) is 7.94. The molecule has 1 aromatic carbocycles. The van der Waals surface area contributed by atoms with Crippen molar-refractivity contribution in [3.63, 3.8) is 0 Å². The van der Waals surface area contributed by atoms with E-state index in [0.29, 0.717) is 24.2 Å². The van der Waals surface area contributed by atoms with E-state index in [9.17, 15) is 18.0 Å². The van der Waals surface area contributed by atoms with E-state index in [2.05, 4.69) is 0 Å². The molecule has 0 saturated carbocycles. The van der Waals surface area contributed by atoms with Crippen LogP contribution >= 0.6 is 0 Å². The Bertz CT molecular complexity index is 686. The third kappa shape index (κ3) is 3.16. The van der Waals surface area contributed by atoms with Gasteiger partial charge >= 0.3 is 0 Å². The van der Waals surface area contributed by atoms with Crippen molar-refractivity contribution < 1.29 is 18.0 Å². The van der Waals surface area contributed by atoms with Gasteiger partial charge in [-0.25, -0.2) is 12.7 Å². The maximum absolute atomic E-state index is 12.5. The quantitative estimate of drug-likeness (QED) is 0.781. The molecule has 3 rings (SSSR count). The molecule has 7 heteroatoms. The van der Waals surface area contributed by atoms with Gasteiger partial charge in [0.2, 0.25) is 10.0 Å². The summed E-state index contributed by atoms with van der Waals surface area (Å²) in [6.07, 6.45) is 3.83. The Kier molecular flexibility index (Phi) is 4.50. The lowest BCUT2D eigenvalue weighted by atomic mass is 10.1. The van der Waals surface area contributed by atoms with Crippen LogP contribution in [0.15, 0.2) is 24.3 Å². The van der Waals surface area contributed by atoms with Gasteiger partial charge < -0.3 is 0 Å². The number of hydrogen-bond donors (Lipinski definition) is 0. The van der Waals surface area contributed by atoms with Gasteiger partial charge in [-0.3, -0.25) is 14.5 Å². The molecule has 0 unspecified atom stereocenters. The summed E-state index contributed by atoms with van der Waals surface area (Å²) in [7, 11) is -3.44. The van der Waals surface area contributed by atoms with Crippen LogP contribution in [0.4, 0.5) is 0 Å². The molecule has 1 aromatic rings. The van der Waals surface area contributed by atoms with E-state index >= 15 is 0 Å². The van der Waals surface area contributed by atoms with Crippen molar-refractivity contribution in [2.45, 2.75) is 25.7 Å². The average molecular weight is 336 g/mol. The Labute approximate surface area is 136 Å². The van der Waals surface area contributed by atoms with Crippen molar-refractivity contribution >= 4 is 21.8 Å². The summed E-state index contributed by atoms with van der Waals surface area (Å²) in [5.74, 6) is -1.02. The van der Waals surface area contributed by atoms with Gasteiger partial charge in [0.25, 0.3) is 11.8 Å². The largest absolute Gasteiger partial charge is 0.273 e. The maximum Gasteiger partial charge on any atom is 0.261 e. The van der Waals surface area contributed by atoms with Crippen molar-refractivity contribution in [2.75, 3.05) is 25.4 Å². The van der Waals surface area contributed by atoms with Gasteiger partial charge in [-0.05, 0) is 25.0 Å². The van der Waals surface area contributed by atoms with Crippen molar-refractivity contribution in [3.8, 4) is 0 Å². The van der Waals surface area contributed by atoms with E-state index in [4.69, 9.17) is 0 Å². The van der Waals surface area contributed by atoms with E-state index in [1.54, 1.807) is 24.3 Å². The van der Waals surface area contributed by atoms with E-state index in [1.165, 1.54) is 4.31 Å². The number of nitrogens with zero attached hydrogens (tertiary/aromatic N) is 2. The standard InChI is InChI=1S/C16H20N2O4S/c19-15-13-7-3-4-8-14(13)16(20)18(15)11-12-23(21,22)17-9-5-1-2-6-10-17/h3-4,7-8H,1-2,5-6,9-12H2. The molecule has 0 radical (unpaired) electrons. The highest BCUT2D eigenvalue weighted by atomic mass is 32.2. The van der Waals surface area contributed by atoms with Crippen molar-refractivity contribution in [1.82, 2.24) is 9.21 Å². The second-order valence-electron chi connectivity index (χ2n) is 5.94.